The number of amides is 2. The average Bonchev–Trinajstić information content (AvgIpc) is 3.54. The predicted octanol–water partition coefficient (Wildman–Crippen LogP) is 4.42. The third-order valence-electron chi connectivity index (χ3n) is 9.21. The Morgan fingerprint density at radius 2 is 1.80 bits per heavy atom. The van der Waals surface area contributed by atoms with E-state index < -0.39 is 33.4 Å². The quantitative estimate of drug-likeness (QED) is 0.197. The van der Waals surface area contributed by atoms with Gasteiger partial charge in [0, 0.05) is 35.8 Å². The summed E-state index contributed by atoms with van der Waals surface area (Å²) in [6, 6.07) is 6.55. The van der Waals surface area contributed by atoms with Crippen molar-refractivity contribution in [2.24, 2.45) is 11.8 Å². The van der Waals surface area contributed by atoms with E-state index in [1.54, 1.807) is 33.7 Å². The highest BCUT2D eigenvalue weighted by Crippen LogP contribution is 2.71. The van der Waals surface area contributed by atoms with Crippen molar-refractivity contribution in [1.29, 1.82) is 0 Å². The van der Waals surface area contributed by atoms with E-state index in [-0.39, 0.29) is 37.5 Å². The fourth-order valence-corrected chi connectivity index (χ4v) is 9.50. The molecule has 224 valence electrons. The average molecular weight is 584 g/mol. The zero-order valence-electron chi connectivity index (χ0n) is 24.9. The molecule has 8 nitrogen and oxygen atoms in total. The minimum Gasteiger partial charge on any atom is -0.465 e. The van der Waals surface area contributed by atoms with Crippen molar-refractivity contribution in [2.45, 2.75) is 75.0 Å². The van der Waals surface area contributed by atoms with Gasteiger partial charge >= 0.3 is 5.97 Å². The first-order valence-corrected chi connectivity index (χ1v) is 15.7. The molecule has 3 heterocycles. The molecule has 6 atom stereocenters. The lowest BCUT2D eigenvalue weighted by Gasteiger charge is -2.39. The summed E-state index contributed by atoms with van der Waals surface area (Å²) in [6.07, 6.45) is 5.75. The van der Waals surface area contributed by atoms with Gasteiger partial charge in [-0.05, 0) is 70.7 Å². The summed E-state index contributed by atoms with van der Waals surface area (Å²) in [6.45, 7) is 17.7. The van der Waals surface area contributed by atoms with E-state index in [0.29, 0.717) is 25.7 Å². The van der Waals surface area contributed by atoms with Crippen LogP contribution in [-0.4, -0.2) is 82.2 Å². The molecule has 3 aliphatic heterocycles. The molecule has 1 aromatic carbocycles. The van der Waals surface area contributed by atoms with Crippen molar-refractivity contribution in [2.75, 3.05) is 42.6 Å². The lowest BCUT2D eigenvalue weighted by molar-refractivity contribution is -0.156. The summed E-state index contributed by atoms with van der Waals surface area (Å²) < 4.78 is 4.34. The van der Waals surface area contributed by atoms with Gasteiger partial charge in [-0.3, -0.25) is 14.4 Å². The SMILES string of the molecule is C=CCCOC(=O)[C@H]1[C@H]2C(=O)N([C@@H](CC)CO)C(C(=O)N(CC=C)c3ccc(N(CC)CC)cc3)C23CC[C@]1(C)S3. The lowest BCUT2D eigenvalue weighted by atomic mass is 9.66. The maximum Gasteiger partial charge on any atom is 0.311 e. The molecule has 3 saturated heterocycles. The van der Waals surface area contributed by atoms with E-state index in [1.165, 1.54) is 0 Å². The number of carbonyl (C=O) groups excluding carboxylic acids is 3. The number of hydrogen-bond acceptors (Lipinski definition) is 7. The molecule has 0 radical (unpaired) electrons. The Bertz CT molecular complexity index is 1150. The number of aliphatic hydroxyl groups excluding tert-OH is 1. The van der Waals surface area contributed by atoms with Gasteiger partial charge in [-0.1, -0.05) is 19.1 Å². The lowest BCUT2D eigenvalue weighted by Crippen LogP contribution is -2.57. The summed E-state index contributed by atoms with van der Waals surface area (Å²) in [5, 5.41) is 10.3. The first-order valence-electron chi connectivity index (χ1n) is 14.9. The van der Waals surface area contributed by atoms with E-state index in [0.717, 1.165) is 24.5 Å². The molecule has 41 heavy (non-hydrogen) atoms. The van der Waals surface area contributed by atoms with E-state index in [2.05, 4.69) is 31.9 Å². The number of anilines is 2. The molecule has 2 amide bonds. The van der Waals surface area contributed by atoms with Crippen molar-refractivity contribution < 1.29 is 24.2 Å². The standard InChI is InChI=1S/C32H45N3O5S/c1-7-12-20-40-30(39)26-25-28(37)35(22(9-3)21-36)27(32(25)18-17-31(26,6)41-32)29(38)34(19-8-2)24-15-13-23(14-16-24)33(10-4)11-5/h7-8,13-16,22,25-27,36H,1-2,9-12,17-21H2,3-6H3/t22-,25-,26+,27?,31-,32?/m0/s1. The molecule has 1 spiro atoms. The Labute approximate surface area is 248 Å². The fraction of sp³-hybridized carbons (Fsp3) is 0.594. The largest absolute Gasteiger partial charge is 0.465 e. The fourth-order valence-electron chi connectivity index (χ4n) is 7.17. The molecule has 3 fully saturated rings. The van der Waals surface area contributed by atoms with Crippen molar-refractivity contribution in [3.05, 3.63) is 49.6 Å². The Morgan fingerprint density at radius 3 is 2.37 bits per heavy atom. The number of ether oxygens (including phenoxy) is 1. The topological polar surface area (TPSA) is 90.4 Å². The first kappa shape index (κ1) is 31.2. The van der Waals surface area contributed by atoms with Crippen LogP contribution < -0.4 is 9.80 Å². The maximum atomic E-state index is 14.7. The van der Waals surface area contributed by atoms with Crippen LogP contribution in [0.5, 0.6) is 0 Å². The third-order valence-corrected chi connectivity index (χ3v) is 11.2. The summed E-state index contributed by atoms with van der Waals surface area (Å²) in [5.74, 6) is -2.17. The second-order valence-electron chi connectivity index (χ2n) is 11.4. The summed E-state index contributed by atoms with van der Waals surface area (Å²) >= 11 is 1.61. The minimum atomic E-state index is -0.822. The van der Waals surface area contributed by atoms with Crippen LogP contribution in [0, 0.1) is 11.8 Å². The van der Waals surface area contributed by atoms with Gasteiger partial charge in [-0.25, -0.2) is 0 Å². The van der Waals surface area contributed by atoms with Gasteiger partial charge in [-0.2, -0.15) is 0 Å². The van der Waals surface area contributed by atoms with Crippen molar-refractivity contribution in [1.82, 2.24) is 4.90 Å². The maximum absolute atomic E-state index is 14.7. The van der Waals surface area contributed by atoms with Crippen molar-refractivity contribution in [3.8, 4) is 0 Å². The van der Waals surface area contributed by atoms with Gasteiger partial charge in [0.25, 0.3) is 5.91 Å². The summed E-state index contributed by atoms with van der Waals surface area (Å²) in [7, 11) is 0. The van der Waals surface area contributed by atoms with E-state index in [9.17, 15) is 19.5 Å². The van der Waals surface area contributed by atoms with Crippen LogP contribution in [0.4, 0.5) is 11.4 Å². The zero-order chi connectivity index (χ0) is 29.9. The molecule has 0 saturated carbocycles. The van der Waals surface area contributed by atoms with Crippen LogP contribution in [0.2, 0.25) is 0 Å². The van der Waals surface area contributed by atoms with E-state index in [1.807, 2.05) is 38.1 Å². The number of hydrogen-bond donors (Lipinski definition) is 1. The number of thioether (sulfide) groups is 1. The van der Waals surface area contributed by atoms with Gasteiger partial charge in [-0.15, -0.1) is 24.9 Å². The van der Waals surface area contributed by atoms with Gasteiger partial charge in [0.05, 0.1) is 35.8 Å². The number of fused-ring (bicyclic) bond motifs is 1. The molecule has 9 heteroatoms. The highest BCUT2D eigenvalue weighted by atomic mass is 32.2. The number of benzene rings is 1. The highest BCUT2D eigenvalue weighted by Gasteiger charge is 2.78. The van der Waals surface area contributed by atoms with Crippen LogP contribution in [0.3, 0.4) is 0 Å². The van der Waals surface area contributed by atoms with Gasteiger partial charge in [0.15, 0.2) is 0 Å². The van der Waals surface area contributed by atoms with E-state index in [4.69, 9.17) is 4.74 Å². The van der Waals surface area contributed by atoms with Crippen LogP contribution in [0.1, 0.15) is 53.4 Å². The van der Waals surface area contributed by atoms with Crippen LogP contribution in [0.25, 0.3) is 0 Å². The summed E-state index contributed by atoms with van der Waals surface area (Å²) in [5.41, 5.74) is 1.79. The zero-order valence-corrected chi connectivity index (χ0v) is 25.7. The molecular weight excluding hydrogens is 538 g/mol. The van der Waals surface area contributed by atoms with Gasteiger partial charge in [0.1, 0.15) is 6.04 Å². The first-order chi connectivity index (χ1) is 19.7. The Hall–Kier alpha value is -2.78. The molecule has 3 aliphatic rings. The Kier molecular flexibility index (Phi) is 9.59. The number of rotatable bonds is 14. The third kappa shape index (κ3) is 5.20. The molecule has 1 aromatic rings. The van der Waals surface area contributed by atoms with Crippen molar-refractivity contribution >= 4 is 40.9 Å². The normalized spacial score (nSPS) is 28.8. The number of nitrogens with zero attached hydrogens (tertiary/aromatic N) is 3. The van der Waals surface area contributed by atoms with Crippen LogP contribution in [0.15, 0.2) is 49.6 Å². The molecule has 1 N–H and O–H groups in total. The molecule has 0 aliphatic carbocycles. The second-order valence-corrected chi connectivity index (χ2v) is 13.3. The van der Waals surface area contributed by atoms with Crippen LogP contribution >= 0.6 is 11.8 Å². The minimum absolute atomic E-state index is 0.208. The van der Waals surface area contributed by atoms with Crippen LogP contribution in [-0.2, 0) is 19.1 Å². The second kappa shape index (κ2) is 12.6. The molecule has 4 rings (SSSR count). The Morgan fingerprint density at radius 1 is 1.15 bits per heavy atom. The van der Waals surface area contributed by atoms with E-state index >= 15 is 0 Å². The van der Waals surface area contributed by atoms with Gasteiger partial charge < -0.3 is 24.5 Å². The number of carbonyl (C=O) groups is 3. The van der Waals surface area contributed by atoms with Crippen molar-refractivity contribution in [3.63, 3.8) is 0 Å². The molecule has 0 aromatic heterocycles. The predicted molar refractivity (Wildman–Crippen MR) is 165 cm³/mol. The molecule has 2 unspecified atom stereocenters. The summed E-state index contributed by atoms with van der Waals surface area (Å²) in [4.78, 5) is 48.1. The smallest absolute Gasteiger partial charge is 0.311 e. The highest BCUT2D eigenvalue weighted by molar-refractivity contribution is 8.02. The number of aliphatic hydroxyl groups is 1. The molecule has 2 bridgehead atoms. The number of likely N-dealkylation sites (tertiary alicyclic amines) is 1. The Balaban J connectivity index is 1.76. The number of esters is 1. The molecular formula is C32H45N3O5S. The van der Waals surface area contributed by atoms with Gasteiger partial charge in [0.2, 0.25) is 5.91 Å². The monoisotopic (exact) mass is 583 g/mol.